The normalized spacial score (nSPS) is 37.0. The van der Waals surface area contributed by atoms with Gasteiger partial charge in [-0.15, -0.1) is 0 Å². The quantitative estimate of drug-likeness (QED) is 0.323. The summed E-state index contributed by atoms with van der Waals surface area (Å²) in [6.07, 6.45) is 11.5. The molecule has 0 saturated heterocycles. The molecule has 0 N–H and O–H groups in total. The van der Waals surface area contributed by atoms with Crippen molar-refractivity contribution in [2.45, 2.75) is 77.7 Å². The average molecular weight is 498 g/mol. The van der Waals surface area contributed by atoms with Crippen LogP contribution in [0.5, 0.6) is 0 Å². The van der Waals surface area contributed by atoms with E-state index in [9.17, 15) is 9.59 Å². The fourth-order valence-electron chi connectivity index (χ4n) is 8.68. The van der Waals surface area contributed by atoms with E-state index in [1.165, 1.54) is 19.3 Å². The Balaban J connectivity index is 1.07. The molecule has 0 amide bonds. The molecule has 0 radical (unpaired) electrons. The van der Waals surface area contributed by atoms with Crippen LogP contribution in [0.15, 0.2) is 59.6 Å². The fourth-order valence-corrected chi connectivity index (χ4v) is 8.68. The maximum Gasteiger partial charge on any atom is 0.338 e. The van der Waals surface area contributed by atoms with E-state index in [0.29, 0.717) is 34.5 Å². The maximum absolute atomic E-state index is 13.0. The zero-order valence-corrected chi connectivity index (χ0v) is 22.2. The van der Waals surface area contributed by atoms with Crippen LogP contribution in [0, 0.1) is 34.5 Å². The summed E-state index contributed by atoms with van der Waals surface area (Å²) in [5.74, 6) is 2.93. The molecule has 4 heteroatoms. The summed E-state index contributed by atoms with van der Waals surface area (Å²) in [6, 6.07) is 17.4. The molecule has 2 aromatic rings. The van der Waals surface area contributed by atoms with Crippen LogP contribution < -0.4 is 0 Å². The number of ether oxygens (including phenoxy) is 1. The first-order valence-electron chi connectivity index (χ1n) is 14.3. The molecule has 194 valence electrons. The topological polar surface area (TPSA) is 55.7 Å². The number of fused-ring (bicyclic) bond motifs is 5. The SMILES string of the molecule is C[C@@]12CC[C@@H](OC(=O)c3ccc(C=Nc4ccccc4)cc3)C[C@H]1CC[C@H]1[C@H]2CC[C@@]2(C)C(=O)CC[C@H]12. The Morgan fingerprint density at radius 2 is 1.70 bits per heavy atom. The number of rotatable bonds is 4. The van der Waals surface area contributed by atoms with Gasteiger partial charge in [0.2, 0.25) is 0 Å². The Hall–Kier alpha value is -2.75. The molecule has 0 spiro atoms. The highest BCUT2D eigenvalue weighted by Crippen LogP contribution is 2.65. The summed E-state index contributed by atoms with van der Waals surface area (Å²) in [6.45, 7) is 4.78. The Kier molecular flexibility index (Phi) is 6.33. The van der Waals surface area contributed by atoms with Gasteiger partial charge >= 0.3 is 5.97 Å². The molecule has 0 unspecified atom stereocenters. The van der Waals surface area contributed by atoms with Gasteiger partial charge in [0.1, 0.15) is 11.9 Å². The highest BCUT2D eigenvalue weighted by Gasteiger charge is 2.60. The number of benzene rings is 2. The van der Waals surface area contributed by atoms with Gasteiger partial charge in [0.15, 0.2) is 0 Å². The molecule has 0 heterocycles. The van der Waals surface area contributed by atoms with Gasteiger partial charge in [-0.2, -0.15) is 0 Å². The smallest absolute Gasteiger partial charge is 0.338 e. The number of hydrogen-bond acceptors (Lipinski definition) is 4. The third-order valence-corrected chi connectivity index (χ3v) is 10.9. The number of hydrogen-bond donors (Lipinski definition) is 0. The van der Waals surface area contributed by atoms with Crippen LogP contribution in [0.1, 0.15) is 87.6 Å². The highest BCUT2D eigenvalue weighted by atomic mass is 16.5. The van der Waals surface area contributed by atoms with E-state index in [-0.39, 0.29) is 17.5 Å². The molecular weight excluding hydrogens is 458 g/mol. The zero-order chi connectivity index (χ0) is 25.6. The zero-order valence-electron chi connectivity index (χ0n) is 22.2. The first-order chi connectivity index (χ1) is 17.9. The van der Waals surface area contributed by atoms with Gasteiger partial charge in [0, 0.05) is 18.1 Å². The van der Waals surface area contributed by atoms with Gasteiger partial charge in [0.05, 0.1) is 11.3 Å². The summed E-state index contributed by atoms with van der Waals surface area (Å²) in [5, 5.41) is 0. The monoisotopic (exact) mass is 497 g/mol. The van der Waals surface area contributed by atoms with E-state index in [1.807, 2.05) is 60.8 Å². The van der Waals surface area contributed by atoms with Crippen LogP contribution in [0.4, 0.5) is 5.69 Å². The number of esters is 1. The van der Waals surface area contributed by atoms with Gasteiger partial charge < -0.3 is 4.74 Å². The molecule has 0 aliphatic heterocycles. The Morgan fingerprint density at radius 3 is 2.49 bits per heavy atom. The van der Waals surface area contributed by atoms with Crippen molar-refractivity contribution < 1.29 is 14.3 Å². The van der Waals surface area contributed by atoms with Crippen LogP contribution >= 0.6 is 0 Å². The average Bonchev–Trinajstić information content (AvgIpc) is 3.22. The van der Waals surface area contributed by atoms with Crippen molar-refractivity contribution in [1.29, 1.82) is 0 Å². The Morgan fingerprint density at radius 1 is 0.919 bits per heavy atom. The number of carbonyl (C=O) groups is 2. The number of nitrogens with zero attached hydrogens (tertiary/aromatic N) is 1. The van der Waals surface area contributed by atoms with Crippen molar-refractivity contribution in [3.8, 4) is 0 Å². The largest absolute Gasteiger partial charge is 0.459 e. The molecule has 4 aliphatic rings. The van der Waals surface area contributed by atoms with Crippen molar-refractivity contribution in [3.63, 3.8) is 0 Å². The van der Waals surface area contributed by atoms with Gasteiger partial charge in [-0.05, 0) is 110 Å². The van der Waals surface area contributed by atoms with E-state index < -0.39 is 0 Å². The first-order valence-corrected chi connectivity index (χ1v) is 14.3. The number of aliphatic imine (C=N–C) groups is 1. The van der Waals surface area contributed by atoms with Gasteiger partial charge in [0.25, 0.3) is 0 Å². The second kappa shape index (κ2) is 9.53. The van der Waals surface area contributed by atoms with E-state index >= 15 is 0 Å². The maximum atomic E-state index is 13.0. The molecule has 4 aliphatic carbocycles. The molecule has 6 rings (SSSR count). The lowest BCUT2D eigenvalue weighted by Gasteiger charge is -2.60. The summed E-state index contributed by atoms with van der Waals surface area (Å²) in [4.78, 5) is 30.1. The van der Waals surface area contributed by atoms with Crippen LogP contribution in [-0.4, -0.2) is 24.1 Å². The van der Waals surface area contributed by atoms with E-state index in [1.54, 1.807) is 0 Å². The molecule has 4 fully saturated rings. The predicted octanol–water partition coefficient (Wildman–Crippen LogP) is 7.57. The van der Waals surface area contributed by atoms with Crippen LogP contribution in [0.25, 0.3) is 0 Å². The fraction of sp³-hybridized carbons (Fsp3) is 0.545. The third-order valence-electron chi connectivity index (χ3n) is 10.9. The van der Waals surface area contributed by atoms with Crippen molar-refractivity contribution in [3.05, 3.63) is 65.7 Å². The summed E-state index contributed by atoms with van der Waals surface area (Å²) < 4.78 is 6.06. The lowest BCUT2D eigenvalue weighted by Crippen LogP contribution is -2.54. The summed E-state index contributed by atoms with van der Waals surface area (Å²) in [5.41, 5.74) is 2.73. The van der Waals surface area contributed by atoms with Crippen molar-refractivity contribution in [2.24, 2.45) is 39.5 Å². The Labute approximate surface area is 220 Å². The second-order valence-electron chi connectivity index (χ2n) is 12.6. The minimum absolute atomic E-state index is 0.00311. The first kappa shape index (κ1) is 24.6. The van der Waals surface area contributed by atoms with Crippen molar-refractivity contribution in [2.75, 3.05) is 0 Å². The minimum atomic E-state index is -0.216. The molecule has 7 atom stereocenters. The van der Waals surface area contributed by atoms with Crippen LogP contribution in [-0.2, 0) is 9.53 Å². The van der Waals surface area contributed by atoms with Gasteiger partial charge in [-0.3, -0.25) is 9.79 Å². The minimum Gasteiger partial charge on any atom is -0.459 e. The summed E-state index contributed by atoms with van der Waals surface area (Å²) in [7, 11) is 0. The predicted molar refractivity (Wildman–Crippen MR) is 146 cm³/mol. The second-order valence-corrected chi connectivity index (χ2v) is 12.6. The molecule has 2 aromatic carbocycles. The third kappa shape index (κ3) is 4.36. The van der Waals surface area contributed by atoms with Crippen LogP contribution in [0.2, 0.25) is 0 Å². The van der Waals surface area contributed by atoms with Crippen LogP contribution in [0.3, 0.4) is 0 Å². The molecule has 4 nitrogen and oxygen atoms in total. The molecule has 0 bridgehead atoms. The molecular formula is C33H39NO3. The van der Waals surface area contributed by atoms with E-state index in [2.05, 4.69) is 18.8 Å². The number of ketones is 1. The number of Topliss-reactive ketones (excluding diaryl/α,β-unsaturated/α-hetero) is 1. The lowest BCUT2D eigenvalue weighted by atomic mass is 9.45. The molecule has 37 heavy (non-hydrogen) atoms. The van der Waals surface area contributed by atoms with Crippen molar-refractivity contribution >= 4 is 23.7 Å². The van der Waals surface area contributed by atoms with E-state index in [4.69, 9.17) is 4.74 Å². The van der Waals surface area contributed by atoms with Crippen molar-refractivity contribution in [1.82, 2.24) is 0 Å². The molecule has 0 aromatic heterocycles. The number of para-hydroxylation sites is 1. The molecule has 4 saturated carbocycles. The van der Waals surface area contributed by atoms with Gasteiger partial charge in [-0.25, -0.2) is 4.79 Å². The number of carbonyl (C=O) groups excluding carboxylic acids is 2. The lowest BCUT2D eigenvalue weighted by molar-refractivity contribution is -0.142. The van der Waals surface area contributed by atoms with Gasteiger partial charge in [-0.1, -0.05) is 44.2 Å². The van der Waals surface area contributed by atoms with E-state index in [0.717, 1.165) is 55.7 Å². The highest BCUT2D eigenvalue weighted by molar-refractivity contribution is 5.91. The summed E-state index contributed by atoms with van der Waals surface area (Å²) >= 11 is 0. The standard InChI is InChI=1S/C33H39NO3/c1-32-18-16-26(20-24(32)12-13-27-28-14-15-30(35)33(28,2)19-17-29(27)32)37-31(36)23-10-8-22(9-11-23)21-34-25-6-4-3-5-7-25/h3-11,21,24,26-29H,12-20H2,1-2H3/t24-,26-,27-,28-,29-,32-,33-/m1/s1. The Bertz CT molecular complexity index is 1190.